The van der Waals surface area contributed by atoms with Gasteiger partial charge in [-0.25, -0.2) is 4.79 Å². The van der Waals surface area contributed by atoms with Crippen LogP contribution in [-0.4, -0.2) is 22.6 Å². The number of fused-ring (bicyclic) bond motifs is 1. The zero-order valence-corrected chi connectivity index (χ0v) is 10.9. The largest absolute Gasteiger partial charge is 0.328 e. The average Bonchev–Trinajstić information content (AvgIpc) is 2.33. The van der Waals surface area contributed by atoms with Gasteiger partial charge in [-0.1, -0.05) is 11.6 Å². The number of aromatic nitrogens is 2. The molecule has 1 aromatic carbocycles. The molecule has 0 amide bonds. The molecule has 1 atom stereocenters. The minimum atomic E-state index is -0.420. The Balaban J connectivity index is 2.66. The Labute approximate surface area is 108 Å². The van der Waals surface area contributed by atoms with E-state index in [2.05, 4.69) is 10.3 Å². The summed E-state index contributed by atoms with van der Waals surface area (Å²) in [6, 6.07) is 4.87. The predicted molar refractivity (Wildman–Crippen MR) is 72.4 cm³/mol. The molecule has 2 N–H and O–H groups in total. The molecule has 0 aliphatic carbocycles. The minimum absolute atomic E-state index is 0.0357. The maximum Gasteiger partial charge on any atom is 0.328 e. The van der Waals surface area contributed by atoms with E-state index >= 15 is 0 Å². The van der Waals surface area contributed by atoms with Crippen LogP contribution < -0.4 is 16.6 Å². The fourth-order valence-corrected chi connectivity index (χ4v) is 1.93. The molecule has 1 heterocycles. The smallest absolute Gasteiger partial charge is 0.315 e. The lowest BCUT2D eigenvalue weighted by Crippen LogP contribution is -2.40. The molecule has 0 radical (unpaired) electrons. The highest BCUT2D eigenvalue weighted by Crippen LogP contribution is 2.13. The molecule has 0 aliphatic rings. The molecule has 96 valence electrons. The summed E-state index contributed by atoms with van der Waals surface area (Å²) in [6.45, 7) is 2.22. The third-order valence-corrected chi connectivity index (χ3v) is 3.13. The molecule has 0 saturated heterocycles. The Morgan fingerprint density at radius 1 is 1.44 bits per heavy atom. The van der Waals surface area contributed by atoms with E-state index in [4.69, 9.17) is 11.6 Å². The van der Waals surface area contributed by atoms with Crippen molar-refractivity contribution in [3.8, 4) is 0 Å². The number of likely N-dealkylation sites (N-methyl/N-ethyl adjacent to an activating group) is 1. The quantitative estimate of drug-likeness (QED) is 0.870. The van der Waals surface area contributed by atoms with Crippen LogP contribution in [0.4, 0.5) is 0 Å². The molecule has 5 nitrogen and oxygen atoms in total. The highest BCUT2D eigenvalue weighted by molar-refractivity contribution is 6.31. The second kappa shape index (κ2) is 4.96. The van der Waals surface area contributed by atoms with Crippen molar-refractivity contribution in [2.75, 3.05) is 7.05 Å². The van der Waals surface area contributed by atoms with Crippen molar-refractivity contribution in [1.82, 2.24) is 14.9 Å². The van der Waals surface area contributed by atoms with Crippen molar-refractivity contribution in [2.45, 2.75) is 19.5 Å². The van der Waals surface area contributed by atoms with Crippen LogP contribution in [-0.2, 0) is 6.54 Å². The van der Waals surface area contributed by atoms with Crippen molar-refractivity contribution in [3.63, 3.8) is 0 Å². The first-order chi connectivity index (χ1) is 8.52. The van der Waals surface area contributed by atoms with Gasteiger partial charge in [-0.05, 0) is 32.2 Å². The van der Waals surface area contributed by atoms with E-state index in [0.717, 1.165) is 0 Å². The van der Waals surface area contributed by atoms with E-state index in [1.165, 1.54) is 4.57 Å². The zero-order valence-electron chi connectivity index (χ0n) is 10.2. The third kappa shape index (κ3) is 2.32. The van der Waals surface area contributed by atoms with Crippen molar-refractivity contribution in [3.05, 3.63) is 44.1 Å². The van der Waals surface area contributed by atoms with Crippen molar-refractivity contribution < 1.29 is 0 Å². The van der Waals surface area contributed by atoms with E-state index in [9.17, 15) is 9.59 Å². The SMILES string of the molecule is CNC(C)Cn1c(=O)[nH]c2cc(Cl)ccc2c1=O. The fraction of sp³-hybridized carbons (Fsp3) is 0.333. The summed E-state index contributed by atoms with van der Waals surface area (Å²) in [4.78, 5) is 26.7. The molecule has 1 aromatic heterocycles. The molecule has 2 aromatic rings. The first-order valence-corrected chi connectivity index (χ1v) is 6.00. The lowest BCUT2D eigenvalue weighted by atomic mass is 10.2. The number of halogens is 1. The van der Waals surface area contributed by atoms with E-state index in [0.29, 0.717) is 22.5 Å². The third-order valence-electron chi connectivity index (χ3n) is 2.89. The first kappa shape index (κ1) is 12.9. The van der Waals surface area contributed by atoms with Gasteiger partial charge in [0.15, 0.2) is 0 Å². The van der Waals surface area contributed by atoms with Crippen LogP contribution in [0.5, 0.6) is 0 Å². The molecule has 0 saturated carbocycles. The summed E-state index contributed by atoms with van der Waals surface area (Å²) in [7, 11) is 1.78. The second-order valence-electron chi connectivity index (χ2n) is 4.23. The summed E-state index contributed by atoms with van der Waals surface area (Å²) in [5.74, 6) is 0. The van der Waals surface area contributed by atoms with E-state index in [1.54, 1.807) is 25.2 Å². The highest BCUT2D eigenvalue weighted by atomic mass is 35.5. The molecular formula is C12H14ClN3O2. The van der Waals surface area contributed by atoms with Crippen LogP contribution in [0.15, 0.2) is 27.8 Å². The Hall–Kier alpha value is -1.59. The summed E-state index contributed by atoms with van der Waals surface area (Å²) in [5.41, 5.74) is -0.254. The Morgan fingerprint density at radius 3 is 2.83 bits per heavy atom. The molecule has 1 unspecified atom stereocenters. The second-order valence-corrected chi connectivity index (χ2v) is 4.66. The monoisotopic (exact) mass is 267 g/mol. The van der Waals surface area contributed by atoms with Gasteiger partial charge in [0.25, 0.3) is 5.56 Å². The molecular weight excluding hydrogens is 254 g/mol. The van der Waals surface area contributed by atoms with Crippen LogP contribution in [0.25, 0.3) is 10.9 Å². The van der Waals surface area contributed by atoms with Crippen LogP contribution >= 0.6 is 11.6 Å². The van der Waals surface area contributed by atoms with Gasteiger partial charge in [0.2, 0.25) is 0 Å². The van der Waals surface area contributed by atoms with Crippen molar-refractivity contribution in [1.29, 1.82) is 0 Å². The summed E-state index contributed by atoms with van der Waals surface area (Å²) in [6.07, 6.45) is 0. The van der Waals surface area contributed by atoms with Crippen molar-refractivity contribution >= 4 is 22.5 Å². The standard InChI is InChI=1S/C12H14ClN3O2/c1-7(14-2)6-16-11(17)9-4-3-8(13)5-10(9)15-12(16)18/h3-5,7,14H,6H2,1-2H3,(H,15,18). The van der Waals surface area contributed by atoms with Crippen molar-refractivity contribution in [2.24, 2.45) is 0 Å². The molecule has 18 heavy (non-hydrogen) atoms. The van der Waals surface area contributed by atoms with Crippen LogP contribution in [0.1, 0.15) is 6.92 Å². The van der Waals surface area contributed by atoms with E-state index in [-0.39, 0.29) is 11.6 Å². The molecule has 2 rings (SSSR count). The van der Waals surface area contributed by atoms with Gasteiger partial charge in [-0.3, -0.25) is 9.36 Å². The number of nitrogens with one attached hydrogen (secondary N) is 2. The van der Waals surface area contributed by atoms with Crippen LogP contribution in [0.3, 0.4) is 0 Å². The number of aromatic amines is 1. The molecule has 0 spiro atoms. The first-order valence-electron chi connectivity index (χ1n) is 5.62. The van der Waals surface area contributed by atoms with Gasteiger partial charge in [0, 0.05) is 17.6 Å². The van der Waals surface area contributed by atoms with Crippen LogP contribution in [0, 0.1) is 0 Å². The summed E-state index contributed by atoms with van der Waals surface area (Å²) >= 11 is 5.83. The van der Waals surface area contributed by atoms with Gasteiger partial charge in [0.05, 0.1) is 10.9 Å². The number of hydrogen-bond donors (Lipinski definition) is 2. The molecule has 0 bridgehead atoms. The number of hydrogen-bond acceptors (Lipinski definition) is 3. The summed E-state index contributed by atoms with van der Waals surface area (Å²) in [5, 5.41) is 3.94. The molecule has 0 aliphatic heterocycles. The maximum atomic E-state index is 12.2. The van der Waals surface area contributed by atoms with Gasteiger partial charge >= 0.3 is 5.69 Å². The Kier molecular flexibility index (Phi) is 3.54. The normalized spacial score (nSPS) is 12.8. The molecule has 0 fully saturated rings. The lowest BCUT2D eigenvalue weighted by Gasteiger charge is -2.12. The maximum absolute atomic E-state index is 12.2. The Bertz CT molecular complexity index is 690. The Morgan fingerprint density at radius 2 is 2.17 bits per heavy atom. The van der Waals surface area contributed by atoms with E-state index < -0.39 is 5.69 Å². The predicted octanol–water partition coefficient (Wildman–Crippen LogP) is 0.951. The van der Waals surface area contributed by atoms with Crippen LogP contribution in [0.2, 0.25) is 5.02 Å². The molecule has 6 heteroatoms. The lowest BCUT2D eigenvalue weighted by molar-refractivity contribution is 0.492. The van der Waals surface area contributed by atoms with Gasteiger partial charge in [0.1, 0.15) is 0 Å². The van der Waals surface area contributed by atoms with Gasteiger partial charge in [-0.2, -0.15) is 0 Å². The number of nitrogens with zero attached hydrogens (tertiary/aromatic N) is 1. The number of benzene rings is 1. The van der Waals surface area contributed by atoms with E-state index in [1.807, 2.05) is 6.92 Å². The topological polar surface area (TPSA) is 66.9 Å². The highest BCUT2D eigenvalue weighted by Gasteiger charge is 2.10. The average molecular weight is 268 g/mol. The zero-order chi connectivity index (χ0) is 13.3. The summed E-state index contributed by atoms with van der Waals surface area (Å²) < 4.78 is 1.19. The number of rotatable bonds is 3. The fourth-order valence-electron chi connectivity index (χ4n) is 1.76. The van der Waals surface area contributed by atoms with Gasteiger partial charge in [-0.15, -0.1) is 0 Å². The number of H-pyrrole nitrogens is 1. The van der Waals surface area contributed by atoms with Gasteiger partial charge < -0.3 is 10.3 Å². The minimum Gasteiger partial charge on any atom is -0.315 e.